The molecule has 0 bridgehead atoms. The Hall–Kier alpha value is -3.99. The van der Waals surface area contributed by atoms with Crippen LogP contribution in [0.2, 0.25) is 0 Å². The number of para-hydroxylation sites is 1. The number of carbonyl (C=O) groups excluding carboxylic acids is 1. The van der Waals surface area contributed by atoms with Crippen molar-refractivity contribution in [2.24, 2.45) is 0 Å². The predicted octanol–water partition coefficient (Wildman–Crippen LogP) is 5.39. The summed E-state index contributed by atoms with van der Waals surface area (Å²) in [7, 11) is 0. The van der Waals surface area contributed by atoms with Gasteiger partial charge in [-0.05, 0) is 63.1 Å². The summed E-state index contributed by atoms with van der Waals surface area (Å²) in [6, 6.07) is 19.0. The Morgan fingerprint density at radius 2 is 1.50 bits per heavy atom. The largest absolute Gasteiger partial charge is 0.321 e. The molecule has 0 saturated carbocycles. The molecular formula is C27H25N3O2. The van der Waals surface area contributed by atoms with Crippen LogP contribution in [0.3, 0.4) is 0 Å². The Morgan fingerprint density at radius 1 is 0.875 bits per heavy atom. The molecule has 2 aromatic heterocycles. The van der Waals surface area contributed by atoms with Gasteiger partial charge in [-0.25, -0.2) is 0 Å². The van der Waals surface area contributed by atoms with Gasteiger partial charge in [0.1, 0.15) is 5.56 Å². The van der Waals surface area contributed by atoms with Crippen LogP contribution in [0.4, 0.5) is 5.69 Å². The van der Waals surface area contributed by atoms with E-state index in [2.05, 4.69) is 10.3 Å². The number of aromatic nitrogens is 2. The lowest BCUT2D eigenvalue weighted by molar-refractivity contribution is 0.102. The van der Waals surface area contributed by atoms with Crippen LogP contribution in [0.25, 0.3) is 16.9 Å². The molecule has 0 fully saturated rings. The van der Waals surface area contributed by atoms with Gasteiger partial charge in [0.2, 0.25) is 0 Å². The Bertz CT molecular complexity index is 1330. The molecular weight excluding hydrogens is 398 g/mol. The third kappa shape index (κ3) is 3.97. The standard InChI is InChI=1S/C27H25N3O2/c1-17-8-10-22(11-9-17)30-20(4)16-23(31)24(26(30)21-12-14-28-15-13-21)27(32)29-25-18(2)6-5-7-19(25)3/h5-16H,1-4H3,(H,29,32). The predicted molar refractivity (Wildman–Crippen MR) is 129 cm³/mol. The fourth-order valence-electron chi connectivity index (χ4n) is 3.95. The minimum atomic E-state index is -0.430. The van der Waals surface area contributed by atoms with Crippen LogP contribution < -0.4 is 10.7 Å². The van der Waals surface area contributed by atoms with Crippen molar-refractivity contribution in [1.82, 2.24) is 9.55 Å². The molecule has 4 rings (SSSR count). The first-order valence-corrected chi connectivity index (χ1v) is 10.5. The molecule has 1 N–H and O–H groups in total. The number of hydrogen-bond acceptors (Lipinski definition) is 3. The van der Waals surface area contributed by atoms with Crippen molar-refractivity contribution in [3.05, 3.63) is 111 Å². The molecule has 0 aliphatic rings. The van der Waals surface area contributed by atoms with Gasteiger partial charge >= 0.3 is 0 Å². The van der Waals surface area contributed by atoms with E-state index in [1.165, 1.54) is 6.07 Å². The number of pyridine rings is 2. The van der Waals surface area contributed by atoms with E-state index in [0.29, 0.717) is 5.69 Å². The van der Waals surface area contributed by atoms with Crippen LogP contribution in [0, 0.1) is 27.7 Å². The highest BCUT2D eigenvalue weighted by atomic mass is 16.2. The topological polar surface area (TPSA) is 64.0 Å². The van der Waals surface area contributed by atoms with Crippen LogP contribution in [-0.4, -0.2) is 15.5 Å². The molecule has 0 saturated heterocycles. The summed E-state index contributed by atoms with van der Waals surface area (Å²) in [5.74, 6) is -0.430. The average molecular weight is 424 g/mol. The van der Waals surface area contributed by atoms with E-state index in [4.69, 9.17) is 0 Å². The molecule has 5 heteroatoms. The first kappa shape index (κ1) is 21.2. The van der Waals surface area contributed by atoms with E-state index < -0.39 is 5.91 Å². The quantitative estimate of drug-likeness (QED) is 0.479. The number of nitrogens with zero attached hydrogens (tertiary/aromatic N) is 2. The van der Waals surface area contributed by atoms with Gasteiger partial charge in [-0.15, -0.1) is 0 Å². The first-order chi connectivity index (χ1) is 15.4. The summed E-state index contributed by atoms with van der Waals surface area (Å²) >= 11 is 0. The summed E-state index contributed by atoms with van der Waals surface area (Å²) in [5.41, 5.74) is 6.43. The van der Waals surface area contributed by atoms with E-state index in [9.17, 15) is 9.59 Å². The van der Waals surface area contributed by atoms with E-state index in [1.54, 1.807) is 12.4 Å². The normalized spacial score (nSPS) is 10.8. The number of hydrogen-bond donors (Lipinski definition) is 1. The van der Waals surface area contributed by atoms with Crippen molar-refractivity contribution in [3.8, 4) is 16.9 Å². The molecule has 0 aliphatic heterocycles. The Balaban J connectivity index is 1.98. The molecule has 0 atom stereocenters. The highest BCUT2D eigenvalue weighted by molar-refractivity contribution is 6.09. The lowest BCUT2D eigenvalue weighted by Gasteiger charge is -2.21. The molecule has 0 radical (unpaired) electrons. The Kier molecular flexibility index (Phi) is 5.73. The molecule has 1 amide bonds. The maximum Gasteiger partial charge on any atom is 0.261 e. The first-order valence-electron chi connectivity index (χ1n) is 10.5. The zero-order chi connectivity index (χ0) is 22.8. The molecule has 2 heterocycles. The monoisotopic (exact) mass is 423 g/mol. The van der Waals surface area contributed by atoms with Gasteiger partial charge in [-0.2, -0.15) is 0 Å². The number of carbonyl (C=O) groups is 1. The van der Waals surface area contributed by atoms with Crippen LogP contribution in [0.5, 0.6) is 0 Å². The van der Waals surface area contributed by atoms with Crippen molar-refractivity contribution < 1.29 is 4.79 Å². The van der Waals surface area contributed by atoms with Gasteiger partial charge in [-0.3, -0.25) is 14.6 Å². The number of anilines is 1. The van der Waals surface area contributed by atoms with Crippen molar-refractivity contribution >= 4 is 11.6 Å². The van der Waals surface area contributed by atoms with Gasteiger partial charge in [0.05, 0.1) is 5.69 Å². The molecule has 0 spiro atoms. The van der Waals surface area contributed by atoms with Crippen LogP contribution in [0.1, 0.15) is 32.7 Å². The number of amides is 1. The molecule has 5 nitrogen and oxygen atoms in total. The second kappa shape index (κ2) is 8.63. The second-order valence-corrected chi connectivity index (χ2v) is 8.00. The van der Waals surface area contributed by atoms with Crippen LogP contribution in [-0.2, 0) is 0 Å². The summed E-state index contributed by atoms with van der Waals surface area (Å²) in [4.78, 5) is 30.8. The minimum Gasteiger partial charge on any atom is -0.321 e. The third-order valence-electron chi connectivity index (χ3n) is 5.59. The highest BCUT2D eigenvalue weighted by Crippen LogP contribution is 2.28. The van der Waals surface area contributed by atoms with Crippen LogP contribution in [0.15, 0.2) is 77.9 Å². The van der Waals surface area contributed by atoms with E-state index in [1.807, 2.05) is 86.9 Å². The number of rotatable bonds is 4. The van der Waals surface area contributed by atoms with Crippen molar-refractivity contribution in [2.45, 2.75) is 27.7 Å². The highest BCUT2D eigenvalue weighted by Gasteiger charge is 2.23. The zero-order valence-electron chi connectivity index (χ0n) is 18.6. The van der Waals surface area contributed by atoms with Crippen molar-refractivity contribution in [1.29, 1.82) is 0 Å². The van der Waals surface area contributed by atoms with Gasteiger partial charge in [0.25, 0.3) is 5.91 Å². The van der Waals surface area contributed by atoms with Gasteiger partial charge in [0.15, 0.2) is 5.43 Å². The summed E-state index contributed by atoms with van der Waals surface area (Å²) < 4.78 is 1.95. The van der Waals surface area contributed by atoms with E-state index in [0.717, 1.165) is 39.3 Å². The molecule has 32 heavy (non-hydrogen) atoms. The SMILES string of the molecule is Cc1ccc(-n2c(C)cc(=O)c(C(=O)Nc3c(C)cccc3C)c2-c2ccncc2)cc1. The summed E-state index contributed by atoms with van der Waals surface area (Å²) in [5, 5.41) is 2.99. The van der Waals surface area contributed by atoms with E-state index >= 15 is 0 Å². The van der Waals surface area contributed by atoms with Gasteiger partial charge < -0.3 is 9.88 Å². The van der Waals surface area contributed by atoms with Crippen LogP contribution >= 0.6 is 0 Å². The summed E-state index contributed by atoms with van der Waals surface area (Å²) in [6.45, 7) is 7.77. The maximum absolute atomic E-state index is 13.5. The number of aryl methyl sites for hydroxylation is 4. The number of benzene rings is 2. The average Bonchev–Trinajstić information content (AvgIpc) is 2.77. The minimum absolute atomic E-state index is 0.102. The fraction of sp³-hybridized carbons (Fsp3) is 0.148. The molecule has 2 aromatic carbocycles. The molecule has 0 unspecified atom stereocenters. The smallest absolute Gasteiger partial charge is 0.261 e. The van der Waals surface area contributed by atoms with Crippen molar-refractivity contribution in [2.75, 3.05) is 5.32 Å². The Morgan fingerprint density at radius 3 is 2.12 bits per heavy atom. The fourth-order valence-corrected chi connectivity index (χ4v) is 3.95. The van der Waals surface area contributed by atoms with Gasteiger partial charge in [0, 0.05) is 41.1 Å². The number of nitrogens with one attached hydrogen (secondary N) is 1. The molecule has 0 aliphatic carbocycles. The Labute approximate surface area is 187 Å². The third-order valence-corrected chi connectivity index (χ3v) is 5.59. The molecule has 160 valence electrons. The molecule has 4 aromatic rings. The summed E-state index contributed by atoms with van der Waals surface area (Å²) in [6.07, 6.45) is 3.32. The lowest BCUT2D eigenvalue weighted by Crippen LogP contribution is -2.26. The maximum atomic E-state index is 13.5. The van der Waals surface area contributed by atoms with E-state index in [-0.39, 0.29) is 11.0 Å². The van der Waals surface area contributed by atoms with Crippen molar-refractivity contribution in [3.63, 3.8) is 0 Å². The zero-order valence-corrected chi connectivity index (χ0v) is 18.6. The lowest BCUT2D eigenvalue weighted by atomic mass is 10.0. The van der Waals surface area contributed by atoms with Gasteiger partial charge in [-0.1, -0.05) is 35.9 Å². The second-order valence-electron chi connectivity index (χ2n) is 8.00.